The zero-order valence-electron chi connectivity index (χ0n) is 7.87. The highest BCUT2D eigenvalue weighted by Crippen LogP contribution is 2.19. The zero-order chi connectivity index (χ0) is 10.7. The molecule has 72 valence electrons. The van der Waals surface area contributed by atoms with E-state index in [1.54, 1.807) is 19.1 Å². The third-order valence-corrected chi connectivity index (χ3v) is 2.24. The van der Waals surface area contributed by atoms with Crippen molar-refractivity contribution < 1.29 is 9.53 Å². The molecule has 0 spiro atoms. The predicted molar refractivity (Wildman–Crippen MR) is 54.5 cm³/mol. The van der Waals surface area contributed by atoms with Gasteiger partial charge in [0.2, 0.25) is 0 Å². The van der Waals surface area contributed by atoms with Crippen LogP contribution < -0.4 is 0 Å². The number of aryl methyl sites for hydroxylation is 1. The number of nitrogens with zero attached hydrogens (tertiary/aromatic N) is 1. The maximum Gasteiger partial charge on any atom is 0.338 e. The summed E-state index contributed by atoms with van der Waals surface area (Å²) in [6, 6.07) is 5.18. The van der Waals surface area contributed by atoms with Crippen molar-refractivity contribution in [3.63, 3.8) is 0 Å². The van der Waals surface area contributed by atoms with Crippen LogP contribution in [0.4, 0.5) is 0 Å². The molecule has 0 aliphatic rings. The van der Waals surface area contributed by atoms with Crippen molar-refractivity contribution in [3.05, 3.63) is 28.8 Å². The molecule has 0 N–H and O–H groups in total. The van der Waals surface area contributed by atoms with Crippen molar-refractivity contribution in [2.75, 3.05) is 7.11 Å². The fraction of sp³-hybridized carbons (Fsp3) is 0.200. The molecule has 1 aromatic rings. The van der Waals surface area contributed by atoms with E-state index in [0.29, 0.717) is 16.0 Å². The minimum atomic E-state index is -0.442. The Bertz CT molecular complexity index is 421. The fourth-order valence-corrected chi connectivity index (χ4v) is 1.38. The quantitative estimate of drug-likeness (QED) is 0.565. The number of benzene rings is 1. The lowest BCUT2D eigenvalue weighted by Crippen LogP contribution is -2.03. The van der Waals surface area contributed by atoms with Gasteiger partial charge in [0.25, 0.3) is 0 Å². The smallest absolute Gasteiger partial charge is 0.338 e. The van der Waals surface area contributed by atoms with Gasteiger partial charge < -0.3 is 4.74 Å². The fourth-order valence-electron chi connectivity index (χ4n) is 1.09. The van der Waals surface area contributed by atoms with E-state index in [-0.39, 0.29) is 0 Å². The normalized spacial score (nSPS) is 9.29. The SMILES string of the molecule is COC(=O)c1cc(C)c(C#N)cc1S. The summed E-state index contributed by atoms with van der Waals surface area (Å²) in [4.78, 5) is 11.7. The number of ether oxygens (including phenoxy) is 1. The highest BCUT2D eigenvalue weighted by atomic mass is 32.1. The number of thiol groups is 1. The Kier molecular flexibility index (Phi) is 3.15. The van der Waals surface area contributed by atoms with Crippen LogP contribution in [0.15, 0.2) is 17.0 Å². The Labute approximate surface area is 87.7 Å². The van der Waals surface area contributed by atoms with E-state index in [0.717, 1.165) is 5.56 Å². The van der Waals surface area contributed by atoms with Crippen molar-refractivity contribution in [2.45, 2.75) is 11.8 Å². The lowest BCUT2D eigenvalue weighted by atomic mass is 10.1. The van der Waals surface area contributed by atoms with Crippen molar-refractivity contribution in [1.82, 2.24) is 0 Å². The molecule has 0 amide bonds. The molecule has 1 rings (SSSR count). The molecular formula is C10H9NO2S. The van der Waals surface area contributed by atoms with Crippen LogP contribution in [0.3, 0.4) is 0 Å². The van der Waals surface area contributed by atoms with Crippen LogP contribution in [0.2, 0.25) is 0 Å². The van der Waals surface area contributed by atoms with E-state index in [4.69, 9.17) is 5.26 Å². The van der Waals surface area contributed by atoms with Crippen LogP contribution in [0.25, 0.3) is 0 Å². The van der Waals surface area contributed by atoms with E-state index in [1.165, 1.54) is 7.11 Å². The molecule has 0 radical (unpaired) electrons. The van der Waals surface area contributed by atoms with Gasteiger partial charge in [-0.25, -0.2) is 4.79 Å². The first-order chi connectivity index (χ1) is 6.60. The summed E-state index contributed by atoms with van der Waals surface area (Å²) < 4.78 is 4.57. The van der Waals surface area contributed by atoms with Gasteiger partial charge in [-0.2, -0.15) is 5.26 Å². The molecule has 0 aliphatic heterocycles. The third-order valence-electron chi connectivity index (χ3n) is 1.87. The van der Waals surface area contributed by atoms with Crippen molar-refractivity contribution in [3.8, 4) is 6.07 Å². The molecule has 0 bridgehead atoms. The summed E-state index contributed by atoms with van der Waals surface area (Å²) in [6.45, 7) is 1.76. The lowest BCUT2D eigenvalue weighted by molar-refractivity contribution is 0.0597. The van der Waals surface area contributed by atoms with Crippen LogP contribution in [-0.2, 0) is 4.74 Å². The Morgan fingerprint density at radius 3 is 2.71 bits per heavy atom. The number of nitriles is 1. The molecule has 3 nitrogen and oxygen atoms in total. The molecule has 0 aromatic heterocycles. The van der Waals surface area contributed by atoms with Gasteiger partial charge in [0.1, 0.15) is 0 Å². The summed E-state index contributed by atoms with van der Waals surface area (Å²) in [6.07, 6.45) is 0. The average molecular weight is 207 g/mol. The van der Waals surface area contributed by atoms with Gasteiger partial charge in [-0.05, 0) is 24.6 Å². The summed E-state index contributed by atoms with van der Waals surface area (Å²) in [7, 11) is 1.31. The molecule has 0 heterocycles. The maximum atomic E-state index is 11.2. The van der Waals surface area contributed by atoms with E-state index in [1.807, 2.05) is 6.07 Å². The van der Waals surface area contributed by atoms with Gasteiger partial charge in [-0.1, -0.05) is 0 Å². The lowest BCUT2D eigenvalue weighted by Gasteiger charge is -2.05. The first-order valence-corrected chi connectivity index (χ1v) is 4.37. The number of rotatable bonds is 1. The number of hydrogen-bond donors (Lipinski definition) is 1. The molecule has 0 saturated carbocycles. The molecule has 0 fully saturated rings. The van der Waals surface area contributed by atoms with Crippen LogP contribution in [0.1, 0.15) is 21.5 Å². The molecule has 0 aliphatic carbocycles. The predicted octanol–water partition coefficient (Wildman–Crippen LogP) is 1.94. The molecule has 0 unspecified atom stereocenters. The number of carbonyl (C=O) groups is 1. The first kappa shape index (κ1) is 10.6. The van der Waals surface area contributed by atoms with Crippen molar-refractivity contribution >= 4 is 18.6 Å². The van der Waals surface area contributed by atoms with E-state index >= 15 is 0 Å². The number of hydrogen-bond acceptors (Lipinski definition) is 4. The van der Waals surface area contributed by atoms with Gasteiger partial charge in [0, 0.05) is 4.90 Å². The number of carbonyl (C=O) groups excluding carboxylic acids is 1. The molecule has 4 heteroatoms. The highest BCUT2D eigenvalue weighted by Gasteiger charge is 2.11. The van der Waals surface area contributed by atoms with Crippen molar-refractivity contribution in [2.24, 2.45) is 0 Å². The van der Waals surface area contributed by atoms with Gasteiger partial charge in [0.15, 0.2) is 0 Å². The van der Waals surface area contributed by atoms with Gasteiger partial charge in [-0.3, -0.25) is 0 Å². The minimum absolute atomic E-state index is 0.382. The van der Waals surface area contributed by atoms with Gasteiger partial charge >= 0.3 is 5.97 Å². The van der Waals surface area contributed by atoms with Gasteiger partial charge in [-0.15, -0.1) is 12.6 Å². The molecule has 1 aromatic carbocycles. The molecule has 0 atom stereocenters. The second-order valence-corrected chi connectivity index (χ2v) is 3.27. The summed E-state index contributed by atoms with van der Waals surface area (Å²) in [5, 5.41) is 8.73. The number of methoxy groups -OCH3 is 1. The Hall–Kier alpha value is -1.47. The van der Waals surface area contributed by atoms with E-state index < -0.39 is 5.97 Å². The Morgan fingerprint density at radius 2 is 2.21 bits per heavy atom. The molecule has 0 saturated heterocycles. The monoisotopic (exact) mass is 207 g/mol. The second-order valence-electron chi connectivity index (χ2n) is 2.79. The van der Waals surface area contributed by atoms with Crippen LogP contribution in [0, 0.1) is 18.3 Å². The third kappa shape index (κ3) is 1.88. The van der Waals surface area contributed by atoms with Crippen LogP contribution >= 0.6 is 12.6 Å². The van der Waals surface area contributed by atoms with E-state index in [9.17, 15) is 4.79 Å². The summed E-state index contributed by atoms with van der Waals surface area (Å²) in [5.74, 6) is -0.442. The summed E-state index contributed by atoms with van der Waals surface area (Å²) >= 11 is 4.11. The largest absolute Gasteiger partial charge is 0.465 e. The van der Waals surface area contributed by atoms with Gasteiger partial charge in [0.05, 0.1) is 24.3 Å². The van der Waals surface area contributed by atoms with E-state index in [2.05, 4.69) is 17.4 Å². The topological polar surface area (TPSA) is 50.1 Å². The highest BCUT2D eigenvalue weighted by molar-refractivity contribution is 7.80. The zero-order valence-corrected chi connectivity index (χ0v) is 8.76. The Morgan fingerprint density at radius 1 is 1.57 bits per heavy atom. The maximum absolute atomic E-state index is 11.2. The summed E-state index contributed by atoms with van der Waals surface area (Å²) in [5.41, 5.74) is 1.64. The molecule has 14 heavy (non-hydrogen) atoms. The number of esters is 1. The Balaban J connectivity index is 3.30. The van der Waals surface area contributed by atoms with Crippen molar-refractivity contribution in [1.29, 1.82) is 5.26 Å². The standard InChI is InChI=1S/C10H9NO2S/c1-6-3-8(10(12)13-2)9(14)4-7(6)5-11/h3-4,14H,1-2H3. The minimum Gasteiger partial charge on any atom is -0.465 e. The first-order valence-electron chi connectivity index (χ1n) is 3.92. The average Bonchev–Trinajstić information content (AvgIpc) is 2.19. The van der Waals surface area contributed by atoms with Crippen LogP contribution in [0.5, 0.6) is 0 Å². The van der Waals surface area contributed by atoms with Crippen LogP contribution in [-0.4, -0.2) is 13.1 Å². The second kappa shape index (κ2) is 4.16. The molecular weight excluding hydrogens is 198 g/mol.